The molecule has 2 aromatic heterocycles. The highest BCUT2D eigenvalue weighted by molar-refractivity contribution is 7.19. The Hall–Kier alpha value is -0.930. The number of aromatic nitrogens is 1. The van der Waals surface area contributed by atoms with Crippen molar-refractivity contribution in [1.82, 2.24) is 4.98 Å². The third kappa shape index (κ3) is 1.34. The molecule has 0 spiro atoms. The third-order valence-corrected chi connectivity index (χ3v) is 3.27. The summed E-state index contributed by atoms with van der Waals surface area (Å²) in [7, 11) is 0. The van der Waals surface area contributed by atoms with Gasteiger partial charge in [0.25, 0.3) is 0 Å². The predicted octanol–water partition coefficient (Wildman–Crippen LogP) is 2.41. The monoisotopic (exact) mass is 193 g/mol. The molecule has 0 aliphatic heterocycles. The van der Waals surface area contributed by atoms with E-state index in [-0.39, 0.29) is 6.61 Å². The van der Waals surface area contributed by atoms with Crippen LogP contribution < -0.4 is 0 Å². The average molecular weight is 193 g/mol. The Bertz CT molecular complexity index is 447. The molecule has 13 heavy (non-hydrogen) atoms. The Morgan fingerprint density at radius 1 is 1.46 bits per heavy atom. The van der Waals surface area contributed by atoms with Crippen LogP contribution in [0, 0.1) is 13.8 Å². The standard InChI is InChI=1S/C10H11NOS/c1-6-4-11-9(5-12)8-3-7(2)13-10(6)8/h3-4,12H,5H2,1-2H3. The van der Waals surface area contributed by atoms with Gasteiger partial charge in [-0.3, -0.25) is 4.98 Å². The van der Waals surface area contributed by atoms with Gasteiger partial charge >= 0.3 is 0 Å². The van der Waals surface area contributed by atoms with Gasteiger partial charge in [-0.05, 0) is 25.5 Å². The first-order chi connectivity index (χ1) is 6.22. The summed E-state index contributed by atoms with van der Waals surface area (Å²) in [6, 6.07) is 2.09. The van der Waals surface area contributed by atoms with E-state index in [9.17, 15) is 0 Å². The second-order valence-corrected chi connectivity index (χ2v) is 4.40. The number of rotatable bonds is 1. The number of hydrogen-bond acceptors (Lipinski definition) is 3. The average Bonchev–Trinajstić information content (AvgIpc) is 2.48. The van der Waals surface area contributed by atoms with Crippen LogP contribution in [0.5, 0.6) is 0 Å². The summed E-state index contributed by atoms with van der Waals surface area (Å²) in [6.45, 7) is 4.14. The Balaban J connectivity index is 2.83. The van der Waals surface area contributed by atoms with Crippen LogP contribution in [0.15, 0.2) is 12.3 Å². The van der Waals surface area contributed by atoms with Gasteiger partial charge in [0.05, 0.1) is 12.3 Å². The van der Waals surface area contributed by atoms with Gasteiger partial charge in [-0.15, -0.1) is 11.3 Å². The molecule has 0 amide bonds. The van der Waals surface area contributed by atoms with E-state index in [0.717, 1.165) is 11.1 Å². The second-order valence-electron chi connectivity index (χ2n) is 3.15. The normalized spacial score (nSPS) is 11.0. The fraction of sp³-hybridized carbons (Fsp3) is 0.300. The van der Waals surface area contributed by atoms with Crippen LogP contribution in [0.1, 0.15) is 16.1 Å². The minimum absolute atomic E-state index is 0.0208. The quantitative estimate of drug-likeness (QED) is 0.754. The Kier molecular flexibility index (Phi) is 2.06. The molecule has 0 aliphatic rings. The lowest BCUT2D eigenvalue weighted by Gasteiger charge is -1.99. The molecular formula is C10H11NOS. The Morgan fingerprint density at radius 2 is 2.23 bits per heavy atom. The molecule has 68 valence electrons. The first-order valence-corrected chi connectivity index (χ1v) is 4.99. The Morgan fingerprint density at radius 3 is 2.92 bits per heavy atom. The Labute approximate surface area is 80.9 Å². The maximum Gasteiger partial charge on any atom is 0.0859 e. The van der Waals surface area contributed by atoms with Gasteiger partial charge in [0.1, 0.15) is 0 Å². The molecule has 0 fully saturated rings. The fourth-order valence-electron chi connectivity index (χ4n) is 1.45. The lowest BCUT2D eigenvalue weighted by molar-refractivity contribution is 0.278. The van der Waals surface area contributed by atoms with Crippen LogP contribution in [0.25, 0.3) is 10.1 Å². The molecule has 2 rings (SSSR count). The van der Waals surface area contributed by atoms with Gasteiger partial charge in [0.2, 0.25) is 0 Å². The zero-order valence-corrected chi connectivity index (χ0v) is 8.48. The smallest absolute Gasteiger partial charge is 0.0859 e. The van der Waals surface area contributed by atoms with E-state index in [2.05, 4.69) is 18.0 Å². The predicted molar refractivity (Wildman–Crippen MR) is 55.0 cm³/mol. The van der Waals surface area contributed by atoms with Crippen LogP contribution in [0.3, 0.4) is 0 Å². The van der Waals surface area contributed by atoms with Crippen LogP contribution in [-0.2, 0) is 6.61 Å². The SMILES string of the molecule is Cc1cc2c(CO)ncc(C)c2s1. The highest BCUT2D eigenvalue weighted by Crippen LogP contribution is 2.29. The zero-order valence-electron chi connectivity index (χ0n) is 7.66. The first kappa shape index (κ1) is 8.66. The molecule has 0 aromatic carbocycles. The van der Waals surface area contributed by atoms with Crippen molar-refractivity contribution in [3.05, 3.63) is 28.4 Å². The molecule has 2 nitrogen and oxygen atoms in total. The van der Waals surface area contributed by atoms with Crippen LogP contribution in [0.2, 0.25) is 0 Å². The number of hydrogen-bond donors (Lipinski definition) is 1. The number of thiophene rings is 1. The van der Waals surface area contributed by atoms with Gasteiger partial charge in [0.15, 0.2) is 0 Å². The van der Waals surface area contributed by atoms with Crippen molar-refractivity contribution in [3.8, 4) is 0 Å². The van der Waals surface area contributed by atoms with Gasteiger partial charge in [-0.1, -0.05) is 0 Å². The van der Waals surface area contributed by atoms with E-state index in [4.69, 9.17) is 5.11 Å². The lowest BCUT2D eigenvalue weighted by Crippen LogP contribution is -1.89. The fourth-order valence-corrected chi connectivity index (χ4v) is 2.45. The zero-order chi connectivity index (χ0) is 9.42. The summed E-state index contributed by atoms with van der Waals surface area (Å²) in [5.74, 6) is 0. The summed E-state index contributed by atoms with van der Waals surface area (Å²) >= 11 is 1.76. The second kappa shape index (κ2) is 3.09. The van der Waals surface area contributed by atoms with Gasteiger partial charge in [-0.2, -0.15) is 0 Å². The topological polar surface area (TPSA) is 33.1 Å². The number of pyridine rings is 1. The summed E-state index contributed by atoms with van der Waals surface area (Å²) in [6.07, 6.45) is 1.82. The molecule has 2 aromatic rings. The van der Waals surface area contributed by atoms with Gasteiger partial charge in [0, 0.05) is 21.2 Å². The first-order valence-electron chi connectivity index (χ1n) is 4.18. The molecule has 0 saturated heterocycles. The van der Waals surface area contributed by atoms with Crippen LogP contribution >= 0.6 is 11.3 Å². The highest BCUT2D eigenvalue weighted by atomic mass is 32.1. The minimum atomic E-state index is 0.0208. The van der Waals surface area contributed by atoms with Crippen molar-refractivity contribution in [2.24, 2.45) is 0 Å². The summed E-state index contributed by atoms with van der Waals surface area (Å²) in [5, 5.41) is 10.2. The van der Waals surface area contributed by atoms with E-state index < -0.39 is 0 Å². The van der Waals surface area contributed by atoms with Gasteiger partial charge < -0.3 is 5.11 Å². The molecule has 0 unspecified atom stereocenters. The van der Waals surface area contributed by atoms with E-state index >= 15 is 0 Å². The van der Waals surface area contributed by atoms with E-state index in [1.54, 1.807) is 11.3 Å². The molecule has 0 radical (unpaired) electrons. The van der Waals surface area contributed by atoms with E-state index in [1.807, 2.05) is 13.1 Å². The summed E-state index contributed by atoms with van der Waals surface area (Å²) in [5.41, 5.74) is 1.97. The molecule has 2 heterocycles. The number of fused-ring (bicyclic) bond motifs is 1. The van der Waals surface area contributed by atoms with Crippen molar-refractivity contribution in [2.45, 2.75) is 20.5 Å². The minimum Gasteiger partial charge on any atom is -0.390 e. The molecule has 0 atom stereocenters. The molecule has 0 bridgehead atoms. The van der Waals surface area contributed by atoms with E-state index in [0.29, 0.717) is 0 Å². The summed E-state index contributed by atoms with van der Waals surface area (Å²) < 4.78 is 1.25. The lowest BCUT2D eigenvalue weighted by atomic mass is 10.2. The molecular weight excluding hydrogens is 182 g/mol. The molecule has 3 heteroatoms. The number of aryl methyl sites for hydroxylation is 2. The van der Waals surface area contributed by atoms with E-state index in [1.165, 1.54) is 15.1 Å². The molecule has 0 saturated carbocycles. The van der Waals surface area contributed by atoms with Crippen molar-refractivity contribution in [1.29, 1.82) is 0 Å². The van der Waals surface area contributed by atoms with Gasteiger partial charge in [-0.25, -0.2) is 0 Å². The molecule has 0 aliphatic carbocycles. The molecule has 1 N–H and O–H groups in total. The van der Waals surface area contributed by atoms with Crippen LogP contribution in [0.4, 0.5) is 0 Å². The van der Waals surface area contributed by atoms with Crippen molar-refractivity contribution in [2.75, 3.05) is 0 Å². The maximum atomic E-state index is 9.08. The van der Waals surface area contributed by atoms with Crippen molar-refractivity contribution in [3.63, 3.8) is 0 Å². The summed E-state index contributed by atoms with van der Waals surface area (Å²) in [4.78, 5) is 5.46. The van der Waals surface area contributed by atoms with Crippen LogP contribution in [-0.4, -0.2) is 10.1 Å². The number of nitrogens with zero attached hydrogens (tertiary/aromatic N) is 1. The van der Waals surface area contributed by atoms with Crippen molar-refractivity contribution < 1.29 is 5.11 Å². The number of aliphatic hydroxyl groups excluding tert-OH is 1. The number of aliphatic hydroxyl groups is 1. The third-order valence-electron chi connectivity index (χ3n) is 2.09. The largest absolute Gasteiger partial charge is 0.390 e. The maximum absolute atomic E-state index is 9.08. The highest BCUT2D eigenvalue weighted by Gasteiger charge is 2.06. The van der Waals surface area contributed by atoms with Crippen molar-refractivity contribution >= 4 is 21.4 Å².